The summed E-state index contributed by atoms with van der Waals surface area (Å²) in [5.74, 6) is -0.449. The zero-order valence-electron chi connectivity index (χ0n) is 19.3. The predicted molar refractivity (Wildman–Crippen MR) is 131 cm³/mol. The first-order valence-corrected chi connectivity index (χ1v) is 13.0. The minimum Gasteiger partial charge on any atom is -0.479 e. The first kappa shape index (κ1) is 23.7. The van der Waals surface area contributed by atoms with E-state index in [-0.39, 0.29) is 36.6 Å². The summed E-state index contributed by atoms with van der Waals surface area (Å²) in [5.41, 5.74) is 3.45. The van der Waals surface area contributed by atoms with Crippen LogP contribution in [0.4, 0.5) is 4.79 Å². The van der Waals surface area contributed by atoms with Crippen LogP contribution in [-0.2, 0) is 19.1 Å². The Hall–Kier alpha value is -3.04. The molecule has 2 unspecified atom stereocenters. The molecule has 2 amide bonds. The molecule has 0 spiro atoms. The van der Waals surface area contributed by atoms with E-state index in [0.29, 0.717) is 31.9 Å². The van der Waals surface area contributed by atoms with Gasteiger partial charge in [0.1, 0.15) is 6.61 Å². The van der Waals surface area contributed by atoms with Crippen LogP contribution in [0.5, 0.6) is 0 Å². The molecular weight excluding hydrogens is 468 g/mol. The molecule has 8 nitrogen and oxygen atoms in total. The number of amides is 2. The molecule has 5 rings (SSSR count). The van der Waals surface area contributed by atoms with Crippen molar-refractivity contribution in [3.05, 3.63) is 59.7 Å². The monoisotopic (exact) mass is 496 g/mol. The number of likely N-dealkylation sites (tertiary alicyclic amines) is 1. The first-order valence-electron chi connectivity index (χ1n) is 11.8. The molecule has 35 heavy (non-hydrogen) atoms. The van der Waals surface area contributed by atoms with Gasteiger partial charge >= 0.3 is 12.1 Å². The van der Waals surface area contributed by atoms with Crippen LogP contribution in [0.1, 0.15) is 23.5 Å². The summed E-state index contributed by atoms with van der Waals surface area (Å²) in [7, 11) is 0. The van der Waals surface area contributed by atoms with Crippen LogP contribution in [0.25, 0.3) is 11.1 Å². The van der Waals surface area contributed by atoms with E-state index in [1.807, 2.05) is 24.3 Å². The van der Waals surface area contributed by atoms with Crippen LogP contribution in [0.2, 0.25) is 0 Å². The number of carboxylic acid groups (broad SMARTS) is 1. The highest BCUT2D eigenvalue weighted by molar-refractivity contribution is 7.99. The maximum atomic E-state index is 12.5. The number of benzene rings is 2. The van der Waals surface area contributed by atoms with Gasteiger partial charge in [0.15, 0.2) is 5.60 Å². The highest BCUT2D eigenvalue weighted by atomic mass is 32.2. The summed E-state index contributed by atoms with van der Waals surface area (Å²) in [5, 5.41) is 12.3. The molecule has 2 atom stereocenters. The van der Waals surface area contributed by atoms with Crippen molar-refractivity contribution in [1.82, 2.24) is 10.2 Å². The van der Waals surface area contributed by atoms with Crippen molar-refractivity contribution in [3.63, 3.8) is 0 Å². The maximum absolute atomic E-state index is 12.5. The van der Waals surface area contributed by atoms with E-state index in [0.717, 1.165) is 11.1 Å². The average Bonchev–Trinajstić information content (AvgIpc) is 3.52. The molecule has 2 N–H and O–H groups in total. The van der Waals surface area contributed by atoms with Crippen LogP contribution in [0, 0.1) is 5.92 Å². The summed E-state index contributed by atoms with van der Waals surface area (Å²) in [6.07, 6.45) is 0.180. The maximum Gasteiger partial charge on any atom is 0.407 e. The normalized spacial score (nSPS) is 22.4. The van der Waals surface area contributed by atoms with Gasteiger partial charge in [-0.25, -0.2) is 9.59 Å². The number of nitrogens with zero attached hydrogens (tertiary/aromatic N) is 1. The van der Waals surface area contributed by atoms with E-state index in [1.165, 1.54) is 22.9 Å². The molecule has 2 heterocycles. The Morgan fingerprint density at radius 3 is 2.46 bits per heavy atom. The third-order valence-corrected chi connectivity index (χ3v) is 8.10. The fourth-order valence-corrected chi connectivity index (χ4v) is 6.13. The van der Waals surface area contributed by atoms with E-state index in [1.54, 1.807) is 4.90 Å². The van der Waals surface area contributed by atoms with Crippen molar-refractivity contribution < 1.29 is 29.0 Å². The van der Waals surface area contributed by atoms with Gasteiger partial charge in [0.05, 0.1) is 12.3 Å². The number of hydrogen-bond donors (Lipinski definition) is 2. The molecule has 3 aliphatic rings. The second-order valence-electron chi connectivity index (χ2n) is 9.11. The number of hydrogen-bond acceptors (Lipinski definition) is 6. The number of nitrogens with one attached hydrogen (secondary N) is 1. The Bertz CT molecular complexity index is 1090. The molecular formula is C26H28N2O6S. The average molecular weight is 497 g/mol. The molecule has 2 saturated heterocycles. The topological polar surface area (TPSA) is 105 Å². The van der Waals surface area contributed by atoms with Gasteiger partial charge in [0.2, 0.25) is 5.91 Å². The Morgan fingerprint density at radius 2 is 1.80 bits per heavy atom. The molecule has 0 radical (unpaired) electrons. The van der Waals surface area contributed by atoms with Crippen LogP contribution in [-0.4, -0.2) is 77.9 Å². The molecule has 9 heteroatoms. The van der Waals surface area contributed by atoms with Gasteiger partial charge in [0, 0.05) is 37.3 Å². The molecule has 2 aliphatic heterocycles. The van der Waals surface area contributed by atoms with Crippen LogP contribution >= 0.6 is 11.8 Å². The number of fused-ring (bicyclic) bond motifs is 4. The van der Waals surface area contributed by atoms with Crippen molar-refractivity contribution in [3.8, 4) is 11.1 Å². The number of thioether (sulfide) groups is 1. The number of carbonyl (C=O) groups excluding carboxylic acids is 2. The fraction of sp³-hybridized carbons (Fsp3) is 0.423. The molecule has 2 fully saturated rings. The summed E-state index contributed by atoms with van der Waals surface area (Å²) in [6, 6.07) is 16.4. The summed E-state index contributed by atoms with van der Waals surface area (Å²) >= 11 is 1.40. The Labute approximate surface area is 208 Å². The molecule has 0 aromatic heterocycles. The lowest BCUT2D eigenvalue weighted by Crippen LogP contribution is -2.45. The second-order valence-corrected chi connectivity index (χ2v) is 10.2. The van der Waals surface area contributed by atoms with E-state index in [4.69, 9.17) is 9.47 Å². The number of carboxylic acids is 1. The highest BCUT2D eigenvalue weighted by Crippen LogP contribution is 2.44. The van der Waals surface area contributed by atoms with Gasteiger partial charge in [-0.05, 0) is 28.7 Å². The van der Waals surface area contributed by atoms with E-state index in [9.17, 15) is 19.5 Å². The van der Waals surface area contributed by atoms with Crippen LogP contribution in [0.15, 0.2) is 48.5 Å². The van der Waals surface area contributed by atoms with Crippen LogP contribution in [0.3, 0.4) is 0 Å². The predicted octanol–water partition coefficient (Wildman–Crippen LogP) is 2.96. The van der Waals surface area contributed by atoms with Crippen molar-refractivity contribution >= 4 is 29.7 Å². The molecule has 184 valence electrons. The smallest absolute Gasteiger partial charge is 0.407 e. The lowest BCUT2D eigenvalue weighted by Gasteiger charge is -2.22. The molecule has 0 saturated carbocycles. The number of aliphatic carboxylic acids is 1. The molecule has 2 aromatic rings. The quantitative estimate of drug-likeness (QED) is 0.542. The van der Waals surface area contributed by atoms with Gasteiger partial charge in [-0.2, -0.15) is 11.8 Å². The van der Waals surface area contributed by atoms with Gasteiger partial charge in [-0.1, -0.05) is 48.5 Å². The third kappa shape index (κ3) is 4.50. The second kappa shape index (κ2) is 9.91. The molecule has 0 bridgehead atoms. The lowest BCUT2D eigenvalue weighted by atomic mass is 9.91. The Balaban J connectivity index is 1.03. The number of rotatable bonds is 8. The molecule has 1 aliphatic carbocycles. The Kier molecular flexibility index (Phi) is 6.71. The van der Waals surface area contributed by atoms with E-state index < -0.39 is 17.7 Å². The zero-order valence-corrected chi connectivity index (χ0v) is 20.1. The summed E-state index contributed by atoms with van der Waals surface area (Å²) in [4.78, 5) is 38.0. The first-order chi connectivity index (χ1) is 17.0. The van der Waals surface area contributed by atoms with Gasteiger partial charge < -0.3 is 24.8 Å². The standard InChI is InChI=1S/C26H28N2O6S/c29-23(28-13-17-9-11-34-26(17,16-28)24(30)31)15-35-12-10-27-25(32)33-14-22-20-7-3-1-5-18(20)19-6-2-4-8-21(19)22/h1-8,17,22H,9-16H2,(H,27,32)(H,30,31). The van der Waals surface area contributed by atoms with Gasteiger partial charge in [0.25, 0.3) is 0 Å². The van der Waals surface area contributed by atoms with Crippen LogP contribution < -0.4 is 5.32 Å². The van der Waals surface area contributed by atoms with Gasteiger partial charge in [-0.3, -0.25) is 4.79 Å². The molecule has 2 aromatic carbocycles. The number of ether oxygens (including phenoxy) is 2. The third-order valence-electron chi connectivity index (χ3n) is 7.15. The summed E-state index contributed by atoms with van der Waals surface area (Å²) in [6.45, 7) is 1.58. The minimum atomic E-state index is -1.24. The van der Waals surface area contributed by atoms with Crippen molar-refractivity contribution in [2.45, 2.75) is 17.9 Å². The highest BCUT2D eigenvalue weighted by Gasteiger charge is 2.57. The number of alkyl carbamates (subject to hydrolysis) is 1. The minimum absolute atomic E-state index is 0.0122. The van der Waals surface area contributed by atoms with Crippen molar-refractivity contribution in [2.24, 2.45) is 5.92 Å². The van der Waals surface area contributed by atoms with E-state index in [2.05, 4.69) is 29.6 Å². The largest absolute Gasteiger partial charge is 0.479 e. The fourth-order valence-electron chi connectivity index (χ4n) is 5.38. The summed E-state index contributed by atoms with van der Waals surface area (Å²) < 4.78 is 11.0. The SMILES string of the molecule is O=C(NCCSCC(=O)N1CC2CCOC2(C(=O)O)C1)OCC1c2ccccc2-c2ccccc21. The van der Waals surface area contributed by atoms with E-state index >= 15 is 0 Å². The van der Waals surface area contributed by atoms with Crippen molar-refractivity contribution in [2.75, 3.05) is 44.4 Å². The van der Waals surface area contributed by atoms with Crippen molar-refractivity contribution in [1.29, 1.82) is 0 Å². The number of carbonyl (C=O) groups is 3. The zero-order chi connectivity index (χ0) is 24.4. The Morgan fingerprint density at radius 1 is 1.11 bits per heavy atom. The lowest BCUT2D eigenvalue weighted by molar-refractivity contribution is -0.161. The van der Waals surface area contributed by atoms with Gasteiger partial charge in [-0.15, -0.1) is 0 Å².